The quantitative estimate of drug-likeness (QED) is 0.334. The Morgan fingerprint density at radius 3 is 2.47 bits per heavy atom. The molecule has 0 amide bonds. The van der Waals surface area contributed by atoms with Crippen molar-refractivity contribution in [3.05, 3.63) is 26.3 Å². The van der Waals surface area contributed by atoms with Gasteiger partial charge in [0.2, 0.25) is 0 Å². The van der Waals surface area contributed by atoms with Crippen molar-refractivity contribution in [1.82, 2.24) is 0 Å². The summed E-state index contributed by atoms with van der Waals surface area (Å²) in [4.78, 5) is 10.9. The van der Waals surface area contributed by atoms with E-state index in [1.807, 2.05) is 22.6 Å². The van der Waals surface area contributed by atoms with Crippen LogP contribution in [0.25, 0.3) is 0 Å². The maximum atomic E-state index is 10.9. The van der Waals surface area contributed by atoms with Gasteiger partial charge in [-0.2, -0.15) is 0 Å². The topological polar surface area (TPSA) is 57.5 Å². The molecule has 3 nitrogen and oxygen atoms in total. The molecule has 0 unspecified atom stereocenters. The van der Waals surface area contributed by atoms with Gasteiger partial charge in [-0.25, -0.2) is 4.79 Å². The number of carbonyl (C=O) groups is 1. The third-order valence-electron chi connectivity index (χ3n) is 2.79. The Morgan fingerprint density at radius 2 is 1.88 bits per heavy atom. The SMILES string of the molecule is O=C(O)c1cc2c(c(I)c1O)CCCC2.[I-].[Na+]. The summed E-state index contributed by atoms with van der Waals surface area (Å²) in [6.45, 7) is 0. The first-order chi connectivity index (χ1) is 7.11. The van der Waals surface area contributed by atoms with E-state index in [0.29, 0.717) is 3.57 Å². The summed E-state index contributed by atoms with van der Waals surface area (Å²) in [5.41, 5.74) is 2.24. The number of benzene rings is 1. The summed E-state index contributed by atoms with van der Waals surface area (Å²) < 4.78 is 0.710. The standard InChI is InChI=1S/C11H11IO3.HI.Na/c12-9-7-4-2-1-3-6(7)5-8(10(9)13)11(14)15;;/h5,13H,1-4H2,(H,14,15);1H;/q;;+1/p-1. The van der Waals surface area contributed by atoms with E-state index < -0.39 is 5.97 Å². The van der Waals surface area contributed by atoms with Gasteiger partial charge in [-0.1, -0.05) is 0 Å². The zero-order valence-corrected chi connectivity index (χ0v) is 15.8. The maximum Gasteiger partial charge on any atom is 1.00 e. The van der Waals surface area contributed by atoms with Gasteiger partial charge in [-0.05, 0) is 65.5 Å². The molecule has 1 aromatic carbocycles. The third-order valence-corrected chi connectivity index (χ3v) is 3.95. The maximum absolute atomic E-state index is 10.9. The van der Waals surface area contributed by atoms with E-state index >= 15 is 0 Å². The van der Waals surface area contributed by atoms with Crippen molar-refractivity contribution < 1.29 is 68.5 Å². The van der Waals surface area contributed by atoms with Gasteiger partial charge in [0.15, 0.2) is 0 Å². The second kappa shape index (κ2) is 7.52. The fourth-order valence-electron chi connectivity index (χ4n) is 2.01. The average Bonchev–Trinajstić information content (AvgIpc) is 2.23. The van der Waals surface area contributed by atoms with Crippen molar-refractivity contribution in [3.63, 3.8) is 0 Å². The molecule has 88 valence electrons. The van der Waals surface area contributed by atoms with Crippen molar-refractivity contribution in [2.75, 3.05) is 0 Å². The Labute approximate surface area is 153 Å². The van der Waals surface area contributed by atoms with Gasteiger partial charge in [-0.3, -0.25) is 0 Å². The Morgan fingerprint density at radius 1 is 1.29 bits per heavy atom. The summed E-state index contributed by atoms with van der Waals surface area (Å²) >= 11 is 2.03. The number of halogens is 2. The molecule has 0 radical (unpaired) electrons. The van der Waals surface area contributed by atoms with E-state index in [9.17, 15) is 9.90 Å². The van der Waals surface area contributed by atoms with Gasteiger partial charge < -0.3 is 34.2 Å². The van der Waals surface area contributed by atoms with Crippen LogP contribution in [0, 0.1) is 3.57 Å². The number of carboxylic acids is 1. The molecule has 0 fully saturated rings. The van der Waals surface area contributed by atoms with Crippen LogP contribution >= 0.6 is 22.6 Å². The molecule has 1 aromatic rings. The molecular weight excluding hydrogens is 457 g/mol. The zero-order chi connectivity index (χ0) is 11.0. The van der Waals surface area contributed by atoms with Gasteiger partial charge >= 0.3 is 35.5 Å². The van der Waals surface area contributed by atoms with Gasteiger partial charge in [0, 0.05) is 0 Å². The first-order valence-corrected chi connectivity index (χ1v) is 5.95. The van der Waals surface area contributed by atoms with E-state index in [1.54, 1.807) is 6.07 Å². The molecule has 0 aromatic heterocycles. The summed E-state index contributed by atoms with van der Waals surface area (Å²) in [6.07, 6.45) is 4.09. The molecule has 1 aliphatic carbocycles. The van der Waals surface area contributed by atoms with Gasteiger partial charge in [0.25, 0.3) is 0 Å². The molecule has 0 bridgehead atoms. The van der Waals surface area contributed by atoms with Crippen LogP contribution in [0.4, 0.5) is 0 Å². The molecule has 0 atom stereocenters. The largest absolute Gasteiger partial charge is 1.00 e. The number of aromatic hydroxyl groups is 1. The molecule has 6 heteroatoms. The Hall–Kier alpha value is 0.950. The van der Waals surface area contributed by atoms with Crippen LogP contribution in [-0.4, -0.2) is 16.2 Å². The number of aryl methyl sites for hydroxylation is 1. The van der Waals surface area contributed by atoms with Crippen molar-refractivity contribution in [2.45, 2.75) is 25.7 Å². The first kappa shape index (κ1) is 17.9. The minimum absolute atomic E-state index is 0. The van der Waals surface area contributed by atoms with E-state index in [-0.39, 0.29) is 64.8 Å². The van der Waals surface area contributed by atoms with Gasteiger partial charge in [0.05, 0.1) is 3.57 Å². The molecule has 0 heterocycles. The van der Waals surface area contributed by atoms with E-state index in [2.05, 4.69) is 0 Å². The molecule has 0 spiro atoms. The van der Waals surface area contributed by atoms with E-state index in [0.717, 1.165) is 36.8 Å². The molecule has 0 saturated heterocycles. The van der Waals surface area contributed by atoms with Gasteiger partial charge in [-0.15, -0.1) is 0 Å². The van der Waals surface area contributed by atoms with Crippen molar-refractivity contribution >= 4 is 28.6 Å². The Balaban J connectivity index is 0.00000128. The van der Waals surface area contributed by atoms with Crippen molar-refractivity contribution in [3.8, 4) is 5.75 Å². The minimum Gasteiger partial charge on any atom is -1.00 e. The average molecular weight is 468 g/mol. The number of phenols is 1. The second-order valence-corrected chi connectivity index (χ2v) is 4.82. The second-order valence-electron chi connectivity index (χ2n) is 3.74. The van der Waals surface area contributed by atoms with Crippen LogP contribution < -0.4 is 53.5 Å². The Kier molecular flexibility index (Phi) is 7.94. The predicted molar refractivity (Wildman–Crippen MR) is 64.4 cm³/mol. The van der Waals surface area contributed by atoms with Crippen LogP contribution in [0.3, 0.4) is 0 Å². The molecule has 2 N–H and O–H groups in total. The van der Waals surface area contributed by atoms with E-state index in [1.165, 1.54) is 0 Å². The van der Waals surface area contributed by atoms with Crippen LogP contribution in [0.15, 0.2) is 6.07 Å². The third kappa shape index (κ3) is 3.71. The van der Waals surface area contributed by atoms with Crippen molar-refractivity contribution in [2.24, 2.45) is 0 Å². The first-order valence-electron chi connectivity index (χ1n) is 4.87. The zero-order valence-electron chi connectivity index (χ0n) is 9.46. The van der Waals surface area contributed by atoms with Gasteiger partial charge in [0.1, 0.15) is 11.3 Å². The fourth-order valence-corrected chi connectivity index (χ4v) is 2.91. The normalized spacial score (nSPS) is 13.0. The van der Waals surface area contributed by atoms with Crippen LogP contribution in [0.5, 0.6) is 5.75 Å². The monoisotopic (exact) mass is 468 g/mol. The molecular formula is C11H11I2NaO3. The minimum atomic E-state index is -1.06. The number of hydrogen-bond acceptors (Lipinski definition) is 2. The summed E-state index contributed by atoms with van der Waals surface area (Å²) in [5.74, 6) is -1.14. The van der Waals surface area contributed by atoms with Crippen LogP contribution in [0.1, 0.15) is 34.3 Å². The summed E-state index contributed by atoms with van der Waals surface area (Å²) in [7, 11) is 0. The van der Waals surface area contributed by atoms with Crippen molar-refractivity contribution in [1.29, 1.82) is 0 Å². The summed E-state index contributed by atoms with van der Waals surface area (Å²) in [5, 5.41) is 18.7. The molecule has 17 heavy (non-hydrogen) atoms. The van der Waals surface area contributed by atoms with Crippen LogP contribution in [-0.2, 0) is 12.8 Å². The molecule has 0 saturated carbocycles. The number of carboxylic acid groups (broad SMARTS) is 1. The number of hydrogen-bond donors (Lipinski definition) is 2. The molecule has 1 aliphatic rings. The smallest absolute Gasteiger partial charge is 1.00 e. The predicted octanol–water partition coefficient (Wildman–Crippen LogP) is -3.42. The van der Waals surface area contributed by atoms with Crippen LogP contribution in [0.2, 0.25) is 0 Å². The number of fused-ring (bicyclic) bond motifs is 1. The molecule has 0 aliphatic heterocycles. The number of aromatic carboxylic acids is 1. The Bertz CT molecular complexity index is 435. The molecule has 2 rings (SSSR count). The number of rotatable bonds is 1. The fraction of sp³-hybridized carbons (Fsp3) is 0.364. The summed E-state index contributed by atoms with van der Waals surface area (Å²) in [6, 6.07) is 1.62. The van der Waals surface area contributed by atoms with E-state index in [4.69, 9.17) is 5.11 Å².